The Balaban J connectivity index is 2.01. The fourth-order valence-corrected chi connectivity index (χ4v) is 3.17. The number of carboxylic acids is 1. The van der Waals surface area contributed by atoms with Crippen LogP contribution >= 0.6 is 11.3 Å². The summed E-state index contributed by atoms with van der Waals surface area (Å²) in [5.41, 5.74) is 1.55. The molecule has 21 heavy (non-hydrogen) atoms. The number of carbonyl (C=O) groups is 1. The maximum absolute atomic E-state index is 11.2. The van der Waals surface area contributed by atoms with E-state index in [1.807, 2.05) is 49.4 Å². The summed E-state index contributed by atoms with van der Waals surface area (Å²) in [7, 11) is 0. The SMILES string of the molecule is CCc1nc(Nc2cccc3ccccc23)sc1C(=O)O. The van der Waals surface area contributed by atoms with E-state index >= 15 is 0 Å². The van der Waals surface area contributed by atoms with Crippen molar-refractivity contribution >= 4 is 38.9 Å². The van der Waals surface area contributed by atoms with Crippen LogP contribution in [0.1, 0.15) is 22.3 Å². The minimum absolute atomic E-state index is 0.306. The molecule has 5 heteroatoms. The number of nitrogens with zero attached hydrogens (tertiary/aromatic N) is 1. The van der Waals surface area contributed by atoms with Gasteiger partial charge in [0.2, 0.25) is 0 Å². The van der Waals surface area contributed by atoms with Gasteiger partial charge in [-0.3, -0.25) is 0 Å². The molecule has 2 N–H and O–H groups in total. The minimum atomic E-state index is -0.921. The monoisotopic (exact) mass is 298 g/mol. The van der Waals surface area contributed by atoms with Crippen molar-refractivity contribution in [1.29, 1.82) is 0 Å². The van der Waals surface area contributed by atoms with E-state index in [4.69, 9.17) is 0 Å². The number of hydrogen-bond acceptors (Lipinski definition) is 4. The van der Waals surface area contributed by atoms with Crippen molar-refractivity contribution in [2.75, 3.05) is 5.32 Å². The zero-order valence-corrected chi connectivity index (χ0v) is 12.3. The van der Waals surface area contributed by atoms with Crippen LogP contribution in [0.2, 0.25) is 0 Å². The molecule has 1 heterocycles. The van der Waals surface area contributed by atoms with Gasteiger partial charge >= 0.3 is 5.97 Å². The van der Waals surface area contributed by atoms with E-state index in [1.165, 1.54) is 11.3 Å². The van der Waals surface area contributed by atoms with Crippen LogP contribution in [0.3, 0.4) is 0 Å². The molecule has 0 bridgehead atoms. The van der Waals surface area contributed by atoms with Gasteiger partial charge in [-0.05, 0) is 17.9 Å². The van der Waals surface area contributed by atoms with Crippen molar-refractivity contribution < 1.29 is 9.90 Å². The number of carboxylic acid groups (broad SMARTS) is 1. The van der Waals surface area contributed by atoms with E-state index in [-0.39, 0.29) is 0 Å². The Labute approximate surface area is 126 Å². The van der Waals surface area contributed by atoms with Crippen LogP contribution in [0.4, 0.5) is 10.8 Å². The summed E-state index contributed by atoms with van der Waals surface area (Å²) in [5.74, 6) is -0.921. The summed E-state index contributed by atoms with van der Waals surface area (Å²) in [6, 6.07) is 14.0. The second-order valence-corrected chi connectivity index (χ2v) is 5.60. The van der Waals surface area contributed by atoms with E-state index in [1.54, 1.807) is 0 Å². The largest absolute Gasteiger partial charge is 0.477 e. The Kier molecular flexibility index (Phi) is 3.58. The molecular formula is C16H14N2O2S. The molecule has 0 spiro atoms. The van der Waals surface area contributed by atoms with Gasteiger partial charge in [-0.1, -0.05) is 54.7 Å². The average molecular weight is 298 g/mol. The number of hydrogen-bond donors (Lipinski definition) is 2. The van der Waals surface area contributed by atoms with Gasteiger partial charge < -0.3 is 10.4 Å². The average Bonchev–Trinajstić information content (AvgIpc) is 2.91. The molecule has 3 aromatic rings. The maximum atomic E-state index is 11.2. The highest BCUT2D eigenvalue weighted by molar-refractivity contribution is 7.17. The quantitative estimate of drug-likeness (QED) is 0.754. The topological polar surface area (TPSA) is 62.2 Å². The molecule has 0 aliphatic rings. The van der Waals surface area contributed by atoms with Crippen molar-refractivity contribution in [3.8, 4) is 0 Å². The van der Waals surface area contributed by atoms with Crippen LogP contribution in [0.5, 0.6) is 0 Å². The molecule has 106 valence electrons. The molecule has 0 aliphatic heterocycles. The highest BCUT2D eigenvalue weighted by Gasteiger charge is 2.16. The molecule has 1 aromatic heterocycles. The highest BCUT2D eigenvalue weighted by atomic mass is 32.1. The zero-order chi connectivity index (χ0) is 14.8. The number of benzene rings is 2. The predicted octanol–water partition coefficient (Wildman–Crippen LogP) is 4.30. The molecule has 2 aromatic carbocycles. The van der Waals surface area contributed by atoms with Gasteiger partial charge in [-0.15, -0.1) is 0 Å². The van der Waals surface area contributed by atoms with Crippen LogP contribution in [-0.4, -0.2) is 16.1 Å². The molecule has 0 fully saturated rings. The molecule has 0 amide bonds. The van der Waals surface area contributed by atoms with Crippen LogP contribution in [0.15, 0.2) is 42.5 Å². The van der Waals surface area contributed by atoms with E-state index in [2.05, 4.69) is 10.3 Å². The summed E-state index contributed by atoms with van der Waals surface area (Å²) in [4.78, 5) is 15.9. The zero-order valence-electron chi connectivity index (χ0n) is 11.5. The maximum Gasteiger partial charge on any atom is 0.347 e. The molecule has 3 rings (SSSR count). The molecule has 4 nitrogen and oxygen atoms in total. The van der Waals surface area contributed by atoms with Gasteiger partial charge in [-0.25, -0.2) is 9.78 Å². The van der Waals surface area contributed by atoms with E-state index in [9.17, 15) is 9.90 Å². The fourth-order valence-electron chi connectivity index (χ4n) is 2.26. The molecule has 0 aliphatic carbocycles. The number of aromatic carboxylic acids is 1. The number of aromatic nitrogens is 1. The van der Waals surface area contributed by atoms with Crippen LogP contribution in [-0.2, 0) is 6.42 Å². The fraction of sp³-hybridized carbons (Fsp3) is 0.125. The second kappa shape index (κ2) is 5.54. The van der Waals surface area contributed by atoms with Gasteiger partial charge in [-0.2, -0.15) is 0 Å². The van der Waals surface area contributed by atoms with Gasteiger partial charge in [0, 0.05) is 11.1 Å². The van der Waals surface area contributed by atoms with Crippen molar-refractivity contribution in [3.05, 3.63) is 53.0 Å². The number of thiazole rings is 1. The summed E-state index contributed by atoms with van der Waals surface area (Å²) in [5, 5.41) is 15.3. The van der Waals surface area contributed by atoms with E-state index in [0.29, 0.717) is 22.1 Å². The third-order valence-corrected chi connectivity index (χ3v) is 4.26. The summed E-state index contributed by atoms with van der Waals surface area (Å²) >= 11 is 1.17. The Bertz CT molecular complexity index is 806. The normalized spacial score (nSPS) is 10.7. The minimum Gasteiger partial charge on any atom is -0.477 e. The lowest BCUT2D eigenvalue weighted by atomic mass is 10.1. The lowest BCUT2D eigenvalue weighted by Gasteiger charge is -2.06. The number of fused-ring (bicyclic) bond motifs is 1. The summed E-state index contributed by atoms with van der Waals surface area (Å²) in [6.07, 6.45) is 0.606. The first-order chi connectivity index (χ1) is 10.2. The molecule has 0 radical (unpaired) electrons. The first kappa shape index (κ1) is 13.6. The number of nitrogens with one attached hydrogen (secondary N) is 1. The van der Waals surface area contributed by atoms with Gasteiger partial charge in [0.05, 0.1) is 5.69 Å². The smallest absolute Gasteiger partial charge is 0.347 e. The van der Waals surface area contributed by atoms with Crippen LogP contribution in [0, 0.1) is 0 Å². The molecular weight excluding hydrogens is 284 g/mol. The third-order valence-electron chi connectivity index (χ3n) is 3.26. The summed E-state index contributed by atoms with van der Waals surface area (Å²) < 4.78 is 0. The molecule has 0 saturated carbocycles. The Morgan fingerprint density at radius 2 is 2.00 bits per heavy atom. The molecule has 0 atom stereocenters. The van der Waals surface area contributed by atoms with Crippen molar-refractivity contribution in [3.63, 3.8) is 0 Å². The van der Waals surface area contributed by atoms with E-state index < -0.39 is 5.97 Å². The standard InChI is InChI=1S/C16H14N2O2S/c1-2-12-14(15(19)20)21-16(17-12)18-13-9-5-7-10-6-3-4-8-11(10)13/h3-9H,2H2,1H3,(H,17,18)(H,19,20). The van der Waals surface area contributed by atoms with Crippen LogP contribution in [0.25, 0.3) is 10.8 Å². The molecule has 0 saturated heterocycles. The first-order valence-electron chi connectivity index (χ1n) is 6.67. The predicted molar refractivity (Wildman–Crippen MR) is 85.7 cm³/mol. The Hall–Kier alpha value is -2.40. The lowest BCUT2D eigenvalue weighted by molar-refractivity contribution is 0.0701. The number of anilines is 2. The number of aryl methyl sites for hydroxylation is 1. The van der Waals surface area contributed by atoms with Gasteiger partial charge in [0.1, 0.15) is 4.88 Å². The third kappa shape index (κ3) is 2.60. The van der Waals surface area contributed by atoms with E-state index in [0.717, 1.165) is 16.5 Å². The van der Waals surface area contributed by atoms with Crippen LogP contribution < -0.4 is 5.32 Å². The second-order valence-electron chi connectivity index (χ2n) is 4.61. The van der Waals surface area contributed by atoms with Crippen molar-refractivity contribution in [2.24, 2.45) is 0 Å². The van der Waals surface area contributed by atoms with Gasteiger partial charge in [0.15, 0.2) is 5.13 Å². The van der Waals surface area contributed by atoms with Crippen molar-refractivity contribution in [1.82, 2.24) is 4.98 Å². The lowest BCUT2D eigenvalue weighted by Crippen LogP contribution is -1.97. The number of rotatable bonds is 4. The first-order valence-corrected chi connectivity index (χ1v) is 7.48. The Morgan fingerprint density at radius 3 is 2.71 bits per heavy atom. The molecule has 0 unspecified atom stereocenters. The highest BCUT2D eigenvalue weighted by Crippen LogP contribution is 2.30. The van der Waals surface area contributed by atoms with Gasteiger partial charge in [0.25, 0.3) is 0 Å². The Morgan fingerprint density at radius 1 is 1.24 bits per heavy atom. The van der Waals surface area contributed by atoms with Crippen molar-refractivity contribution in [2.45, 2.75) is 13.3 Å². The summed E-state index contributed by atoms with van der Waals surface area (Å²) in [6.45, 7) is 1.91.